The predicted octanol–water partition coefficient (Wildman–Crippen LogP) is 2.53. The molecule has 94 valence electrons. The molecule has 2 heterocycles. The molecule has 19 heavy (non-hydrogen) atoms. The molecular weight excluding hydrogens is 264 g/mol. The Morgan fingerprint density at radius 2 is 2.21 bits per heavy atom. The number of anilines is 2. The highest BCUT2D eigenvalue weighted by Gasteiger charge is 2.06. The highest BCUT2D eigenvalue weighted by molar-refractivity contribution is 7.16. The summed E-state index contributed by atoms with van der Waals surface area (Å²) in [4.78, 5) is 22.8. The van der Waals surface area contributed by atoms with E-state index >= 15 is 0 Å². The van der Waals surface area contributed by atoms with Crippen LogP contribution in [0, 0.1) is 0 Å². The van der Waals surface area contributed by atoms with E-state index in [0.717, 1.165) is 15.9 Å². The summed E-state index contributed by atoms with van der Waals surface area (Å²) >= 11 is 1.54. The van der Waals surface area contributed by atoms with Crippen LogP contribution in [0.4, 0.5) is 11.5 Å². The molecule has 3 rings (SSSR count). The SMILES string of the molecule is O=C(O)c1cncc(Nc2ccc3ncsc3c2)n1. The number of thiazole rings is 1. The first-order valence-corrected chi connectivity index (χ1v) is 6.26. The number of carboxylic acid groups (broad SMARTS) is 1. The number of aromatic carboxylic acids is 1. The average Bonchev–Trinajstić information content (AvgIpc) is 2.86. The first-order chi connectivity index (χ1) is 9.22. The van der Waals surface area contributed by atoms with Gasteiger partial charge in [0.1, 0.15) is 5.82 Å². The zero-order chi connectivity index (χ0) is 13.2. The number of nitrogens with zero attached hydrogens (tertiary/aromatic N) is 3. The van der Waals surface area contributed by atoms with E-state index < -0.39 is 5.97 Å². The van der Waals surface area contributed by atoms with E-state index in [-0.39, 0.29) is 5.69 Å². The lowest BCUT2D eigenvalue weighted by Crippen LogP contribution is -2.03. The van der Waals surface area contributed by atoms with Crippen molar-refractivity contribution in [2.24, 2.45) is 0 Å². The summed E-state index contributed by atoms with van der Waals surface area (Å²) in [6, 6.07) is 5.68. The smallest absolute Gasteiger partial charge is 0.356 e. The van der Waals surface area contributed by atoms with Crippen molar-refractivity contribution < 1.29 is 9.90 Å². The standard InChI is InChI=1S/C12H8N4O2S/c17-12(18)9-4-13-5-11(16-9)15-7-1-2-8-10(3-7)19-6-14-8/h1-6H,(H,15,16)(H,17,18). The van der Waals surface area contributed by atoms with Gasteiger partial charge in [-0.3, -0.25) is 4.98 Å². The molecule has 0 aliphatic carbocycles. The molecule has 0 unspecified atom stereocenters. The number of carbonyl (C=O) groups is 1. The number of carboxylic acids is 1. The molecule has 2 aromatic heterocycles. The normalized spacial score (nSPS) is 10.5. The Morgan fingerprint density at radius 3 is 3.05 bits per heavy atom. The van der Waals surface area contributed by atoms with Crippen LogP contribution in [0.5, 0.6) is 0 Å². The van der Waals surface area contributed by atoms with Crippen molar-refractivity contribution in [1.82, 2.24) is 15.0 Å². The Balaban J connectivity index is 1.91. The molecule has 0 spiro atoms. The van der Waals surface area contributed by atoms with Crippen molar-refractivity contribution in [3.63, 3.8) is 0 Å². The van der Waals surface area contributed by atoms with Crippen LogP contribution in [-0.4, -0.2) is 26.0 Å². The first-order valence-electron chi connectivity index (χ1n) is 5.38. The van der Waals surface area contributed by atoms with Gasteiger partial charge in [-0.2, -0.15) is 0 Å². The zero-order valence-corrected chi connectivity index (χ0v) is 10.4. The molecule has 0 saturated heterocycles. The Kier molecular flexibility index (Phi) is 2.81. The summed E-state index contributed by atoms with van der Waals surface area (Å²) in [6.07, 6.45) is 2.68. The van der Waals surface area contributed by atoms with Gasteiger partial charge in [0.15, 0.2) is 5.69 Å². The van der Waals surface area contributed by atoms with E-state index in [4.69, 9.17) is 5.11 Å². The molecule has 6 nitrogen and oxygen atoms in total. The van der Waals surface area contributed by atoms with Crippen molar-refractivity contribution in [3.05, 3.63) is 41.8 Å². The number of fused-ring (bicyclic) bond motifs is 1. The van der Waals surface area contributed by atoms with Crippen LogP contribution in [0.15, 0.2) is 36.1 Å². The second kappa shape index (κ2) is 4.62. The van der Waals surface area contributed by atoms with Gasteiger partial charge in [-0.1, -0.05) is 0 Å². The molecule has 0 fully saturated rings. The minimum absolute atomic E-state index is 0.0936. The van der Waals surface area contributed by atoms with E-state index in [2.05, 4.69) is 20.3 Å². The number of rotatable bonds is 3. The van der Waals surface area contributed by atoms with Crippen molar-refractivity contribution >= 4 is 39.0 Å². The monoisotopic (exact) mass is 272 g/mol. The van der Waals surface area contributed by atoms with Crippen molar-refractivity contribution in [2.45, 2.75) is 0 Å². The Hall–Kier alpha value is -2.54. The highest BCUT2D eigenvalue weighted by Crippen LogP contribution is 2.23. The maximum absolute atomic E-state index is 10.8. The third kappa shape index (κ3) is 2.36. The van der Waals surface area contributed by atoms with Gasteiger partial charge in [0, 0.05) is 5.69 Å². The molecule has 0 saturated carbocycles. The van der Waals surface area contributed by atoms with Crippen LogP contribution in [0.3, 0.4) is 0 Å². The molecule has 0 aliphatic rings. The van der Waals surface area contributed by atoms with Gasteiger partial charge in [0.05, 0.1) is 28.1 Å². The number of benzene rings is 1. The Bertz CT molecular complexity index is 756. The van der Waals surface area contributed by atoms with Crippen LogP contribution in [0.25, 0.3) is 10.2 Å². The topological polar surface area (TPSA) is 88.0 Å². The van der Waals surface area contributed by atoms with Crippen LogP contribution < -0.4 is 5.32 Å². The van der Waals surface area contributed by atoms with Crippen LogP contribution in [-0.2, 0) is 0 Å². The second-order valence-corrected chi connectivity index (χ2v) is 4.64. The van der Waals surface area contributed by atoms with E-state index in [1.807, 2.05) is 18.2 Å². The third-order valence-electron chi connectivity index (χ3n) is 2.46. The van der Waals surface area contributed by atoms with Gasteiger partial charge in [0.2, 0.25) is 0 Å². The largest absolute Gasteiger partial charge is 0.476 e. The third-order valence-corrected chi connectivity index (χ3v) is 3.25. The summed E-state index contributed by atoms with van der Waals surface area (Å²) < 4.78 is 1.05. The molecule has 0 atom stereocenters. The summed E-state index contributed by atoms with van der Waals surface area (Å²) in [5.41, 5.74) is 3.43. The van der Waals surface area contributed by atoms with Crippen molar-refractivity contribution in [2.75, 3.05) is 5.32 Å². The molecule has 0 bridgehead atoms. The Labute approximate surface area is 111 Å². The fraction of sp³-hybridized carbons (Fsp3) is 0. The lowest BCUT2D eigenvalue weighted by molar-refractivity contribution is 0.0690. The number of nitrogens with one attached hydrogen (secondary N) is 1. The van der Waals surface area contributed by atoms with Gasteiger partial charge < -0.3 is 10.4 Å². The fourth-order valence-corrected chi connectivity index (χ4v) is 2.33. The first kappa shape index (κ1) is 11.5. The number of aromatic nitrogens is 3. The average molecular weight is 272 g/mol. The second-order valence-electron chi connectivity index (χ2n) is 3.75. The van der Waals surface area contributed by atoms with E-state index in [0.29, 0.717) is 5.82 Å². The lowest BCUT2D eigenvalue weighted by Gasteiger charge is -2.05. The van der Waals surface area contributed by atoms with E-state index in [1.54, 1.807) is 5.51 Å². The molecule has 0 amide bonds. The zero-order valence-electron chi connectivity index (χ0n) is 9.57. The quantitative estimate of drug-likeness (QED) is 0.761. The molecular formula is C12H8N4O2S. The highest BCUT2D eigenvalue weighted by atomic mass is 32.1. The Morgan fingerprint density at radius 1 is 1.32 bits per heavy atom. The lowest BCUT2D eigenvalue weighted by atomic mass is 10.3. The minimum atomic E-state index is -1.10. The van der Waals surface area contributed by atoms with Gasteiger partial charge in [-0.15, -0.1) is 11.3 Å². The molecule has 2 N–H and O–H groups in total. The summed E-state index contributed by atoms with van der Waals surface area (Å²) in [5, 5.41) is 11.9. The molecule has 0 aliphatic heterocycles. The number of hydrogen-bond acceptors (Lipinski definition) is 6. The minimum Gasteiger partial charge on any atom is -0.476 e. The van der Waals surface area contributed by atoms with E-state index in [1.165, 1.54) is 23.7 Å². The van der Waals surface area contributed by atoms with Crippen LogP contribution >= 0.6 is 11.3 Å². The molecule has 1 aromatic carbocycles. The summed E-state index contributed by atoms with van der Waals surface area (Å²) in [5.74, 6) is -0.710. The maximum atomic E-state index is 10.8. The van der Waals surface area contributed by atoms with Gasteiger partial charge in [-0.25, -0.2) is 14.8 Å². The molecule has 3 aromatic rings. The molecule has 0 radical (unpaired) electrons. The summed E-state index contributed by atoms with van der Waals surface area (Å²) in [6.45, 7) is 0. The molecule has 7 heteroatoms. The predicted molar refractivity (Wildman–Crippen MR) is 71.9 cm³/mol. The summed E-state index contributed by atoms with van der Waals surface area (Å²) in [7, 11) is 0. The fourth-order valence-electron chi connectivity index (χ4n) is 1.61. The van der Waals surface area contributed by atoms with E-state index in [9.17, 15) is 4.79 Å². The van der Waals surface area contributed by atoms with Crippen molar-refractivity contribution in [1.29, 1.82) is 0 Å². The van der Waals surface area contributed by atoms with Gasteiger partial charge >= 0.3 is 5.97 Å². The van der Waals surface area contributed by atoms with Gasteiger partial charge in [0.25, 0.3) is 0 Å². The van der Waals surface area contributed by atoms with Crippen LogP contribution in [0.1, 0.15) is 10.5 Å². The van der Waals surface area contributed by atoms with Gasteiger partial charge in [-0.05, 0) is 18.2 Å². The number of hydrogen-bond donors (Lipinski definition) is 2. The van der Waals surface area contributed by atoms with Crippen LogP contribution in [0.2, 0.25) is 0 Å². The van der Waals surface area contributed by atoms with Crippen molar-refractivity contribution in [3.8, 4) is 0 Å². The maximum Gasteiger partial charge on any atom is 0.356 e.